The number of benzene rings is 1. The van der Waals surface area contributed by atoms with Crippen LogP contribution < -0.4 is 5.32 Å². The van der Waals surface area contributed by atoms with Gasteiger partial charge < -0.3 is 5.32 Å². The lowest BCUT2D eigenvalue weighted by molar-refractivity contribution is 0.550. The van der Waals surface area contributed by atoms with Crippen molar-refractivity contribution in [3.63, 3.8) is 0 Å². The minimum Gasteiger partial charge on any atom is -0.305 e. The van der Waals surface area contributed by atoms with Gasteiger partial charge in [0.2, 0.25) is 0 Å². The van der Waals surface area contributed by atoms with Crippen LogP contribution in [0.4, 0.5) is 4.39 Å². The lowest BCUT2D eigenvalue weighted by atomic mass is 10.0. The second-order valence-corrected chi connectivity index (χ2v) is 5.23. The maximum atomic E-state index is 14.0. The molecule has 0 saturated carbocycles. The van der Waals surface area contributed by atoms with E-state index >= 15 is 0 Å². The first-order chi connectivity index (χ1) is 8.72. The van der Waals surface area contributed by atoms with Crippen LogP contribution in [0.3, 0.4) is 0 Å². The number of aromatic nitrogens is 1. The average molecular weight is 264 g/mol. The third-order valence-electron chi connectivity index (χ3n) is 2.80. The second kappa shape index (κ2) is 6.07. The van der Waals surface area contributed by atoms with Gasteiger partial charge in [-0.1, -0.05) is 24.6 Å². The highest BCUT2D eigenvalue weighted by Gasteiger charge is 2.18. The molecule has 0 fully saturated rings. The molecule has 2 nitrogen and oxygen atoms in total. The zero-order valence-electron chi connectivity index (χ0n) is 10.6. The monoisotopic (exact) mass is 264 g/mol. The molecule has 1 aromatic heterocycles. The molecule has 0 saturated heterocycles. The van der Waals surface area contributed by atoms with Crippen molar-refractivity contribution < 1.29 is 4.39 Å². The smallest absolute Gasteiger partial charge is 0.128 e. The van der Waals surface area contributed by atoms with Crippen LogP contribution in [-0.4, -0.2) is 11.5 Å². The zero-order chi connectivity index (χ0) is 13.0. The molecule has 18 heavy (non-hydrogen) atoms. The number of nitrogens with one attached hydrogen (secondary N) is 1. The number of thiazole rings is 1. The summed E-state index contributed by atoms with van der Waals surface area (Å²) in [5, 5.41) is 3.39. The maximum absolute atomic E-state index is 14.0. The van der Waals surface area contributed by atoms with E-state index in [0.717, 1.165) is 23.4 Å². The van der Waals surface area contributed by atoms with Crippen molar-refractivity contribution in [3.05, 3.63) is 51.7 Å². The van der Waals surface area contributed by atoms with E-state index in [1.54, 1.807) is 29.1 Å². The van der Waals surface area contributed by atoms with E-state index in [9.17, 15) is 4.39 Å². The first kappa shape index (κ1) is 13.2. The van der Waals surface area contributed by atoms with Gasteiger partial charge in [0.25, 0.3) is 0 Å². The third kappa shape index (κ3) is 2.94. The Balaban J connectivity index is 2.36. The Morgan fingerprint density at radius 1 is 1.44 bits per heavy atom. The Morgan fingerprint density at radius 2 is 2.28 bits per heavy atom. The Bertz CT molecular complexity index is 497. The van der Waals surface area contributed by atoms with Crippen LogP contribution in [-0.2, 0) is 0 Å². The second-order valence-electron chi connectivity index (χ2n) is 4.32. The van der Waals surface area contributed by atoms with Gasteiger partial charge in [0.05, 0.1) is 11.6 Å². The lowest BCUT2D eigenvalue weighted by Crippen LogP contribution is -2.23. The van der Waals surface area contributed by atoms with Gasteiger partial charge in [0, 0.05) is 16.6 Å². The molecule has 0 aliphatic rings. The predicted octanol–water partition coefficient (Wildman–Crippen LogP) is 3.68. The number of nitrogens with zero attached hydrogens (tertiary/aromatic N) is 1. The SMILES string of the molecule is CCCNC(c1cncs1)c1cc(C)ccc1F. The normalized spacial score (nSPS) is 12.6. The first-order valence-corrected chi connectivity index (χ1v) is 6.98. The molecule has 0 amide bonds. The van der Waals surface area contributed by atoms with Crippen LogP contribution >= 0.6 is 11.3 Å². The van der Waals surface area contributed by atoms with Gasteiger partial charge >= 0.3 is 0 Å². The fraction of sp³-hybridized carbons (Fsp3) is 0.357. The van der Waals surface area contributed by atoms with Gasteiger partial charge in [0.15, 0.2) is 0 Å². The van der Waals surface area contributed by atoms with E-state index in [1.807, 2.05) is 13.0 Å². The van der Waals surface area contributed by atoms with E-state index in [4.69, 9.17) is 0 Å². The molecule has 2 aromatic rings. The minimum atomic E-state index is -0.164. The fourth-order valence-corrected chi connectivity index (χ4v) is 2.62. The molecule has 2 rings (SSSR count). The summed E-state index contributed by atoms with van der Waals surface area (Å²) >= 11 is 1.55. The van der Waals surface area contributed by atoms with Gasteiger partial charge in [-0.25, -0.2) is 4.39 Å². The van der Waals surface area contributed by atoms with E-state index in [2.05, 4.69) is 17.2 Å². The summed E-state index contributed by atoms with van der Waals surface area (Å²) < 4.78 is 14.0. The van der Waals surface area contributed by atoms with Crippen LogP contribution in [0, 0.1) is 12.7 Å². The van der Waals surface area contributed by atoms with E-state index in [1.165, 1.54) is 6.07 Å². The Labute approximate surface area is 111 Å². The van der Waals surface area contributed by atoms with Crippen molar-refractivity contribution >= 4 is 11.3 Å². The van der Waals surface area contributed by atoms with Crippen molar-refractivity contribution in [2.24, 2.45) is 0 Å². The molecule has 0 aliphatic carbocycles. The molecule has 1 N–H and O–H groups in total. The van der Waals surface area contributed by atoms with Gasteiger partial charge in [0.1, 0.15) is 5.82 Å². The number of rotatable bonds is 5. The predicted molar refractivity (Wildman–Crippen MR) is 73.4 cm³/mol. The van der Waals surface area contributed by atoms with Crippen molar-refractivity contribution in [3.8, 4) is 0 Å². The number of aryl methyl sites for hydroxylation is 1. The quantitative estimate of drug-likeness (QED) is 0.891. The van der Waals surface area contributed by atoms with Crippen molar-refractivity contribution in [2.45, 2.75) is 26.3 Å². The van der Waals surface area contributed by atoms with Crippen LogP contribution in [0.1, 0.15) is 35.4 Å². The maximum Gasteiger partial charge on any atom is 0.128 e. The topological polar surface area (TPSA) is 24.9 Å². The molecule has 0 bridgehead atoms. The zero-order valence-corrected chi connectivity index (χ0v) is 11.4. The third-order valence-corrected chi connectivity index (χ3v) is 3.64. The lowest BCUT2D eigenvalue weighted by Gasteiger charge is -2.18. The van der Waals surface area contributed by atoms with Crippen LogP contribution in [0.15, 0.2) is 29.9 Å². The molecule has 1 aromatic carbocycles. The van der Waals surface area contributed by atoms with Crippen molar-refractivity contribution in [1.29, 1.82) is 0 Å². The Morgan fingerprint density at radius 3 is 2.94 bits per heavy atom. The Kier molecular flexibility index (Phi) is 4.44. The largest absolute Gasteiger partial charge is 0.305 e. The highest BCUT2D eigenvalue weighted by Crippen LogP contribution is 2.27. The molecule has 0 aliphatic heterocycles. The minimum absolute atomic E-state index is 0.0997. The summed E-state index contributed by atoms with van der Waals surface area (Å²) in [7, 11) is 0. The highest BCUT2D eigenvalue weighted by atomic mass is 32.1. The average Bonchev–Trinajstić information content (AvgIpc) is 2.88. The number of hydrogen-bond acceptors (Lipinski definition) is 3. The van der Waals surface area contributed by atoms with E-state index in [0.29, 0.717) is 5.56 Å². The molecular weight excluding hydrogens is 247 g/mol. The van der Waals surface area contributed by atoms with Crippen LogP contribution in [0.5, 0.6) is 0 Å². The van der Waals surface area contributed by atoms with Gasteiger partial charge in [-0.05, 0) is 26.0 Å². The molecular formula is C14H17FN2S. The van der Waals surface area contributed by atoms with E-state index < -0.39 is 0 Å². The van der Waals surface area contributed by atoms with Crippen LogP contribution in [0.25, 0.3) is 0 Å². The molecule has 1 heterocycles. The molecule has 0 radical (unpaired) electrons. The fourth-order valence-electron chi connectivity index (χ4n) is 1.91. The van der Waals surface area contributed by atoms with Gasteiger partial charge in [-0.2, -0.15) is 0 Å². The molecule has 96 valence electrons. The molecule has 0 spiro atoms. The Hall–Kier alpha value is -1.26. The number of halogens is 1. The van der Waals surface area contributed by atoms with Gasteiger partial charge in [-0.15, -0.1) is 11.3 Å². The standard InChI is InChI=1S/C14H17FN2S/c1-3-6-17-14(13-8-16-9-18-13)11-7-10(2)4-5-12(11)15/h4-5,7-9,14,17H,3,6H2,1-2H3. The molecule has 1 unspecified atom stereocenters. The summed E-state index contributed by atoms with van der Waals surface area (Å²) in [4.78, 5) is 5.13. The molecule has 1 atom stereocenters. The van der Waals surface area contributed by atoms with E-state index in [-0.39, 0.29) is 11.9 Å². The first-order valence-electron chi connectivity index (χ1n) is 6.10. The highest BCUT2D eigenvalue weighted by molar-refractivity contribution is 7.09. The summed E-state index contributed by atoms with van der Waals surface area (Å²) in [5.41, 5.74) is 3.55. The summed E-state index contributed by atoms with van der Waals surface area (Å²) in [6, 6.07) is 5.13. The number of hydrogen-bond donors (Lipinski definition) is 1. The van der Waals surface area contributed by atoms with Crippen molar-refractivity contribution in [2.75, 3.05) is 6.54 Å². The summed E-state index contributed by atoms with van der Waals surface area (Å²) in [6.45, 7) is 4.94. The summed E-state index contributed by atoms with van der Waals surface area (Å²) in [5.74, 6) is -0.164. The van der Waals surface area contributed by atoms with Gasteiger partial charge in [-0.3, -0.25) is 4.98 Å². The van der Waals surface area contributed by atoms with Crippen molar-refractivity contribution in [1.82, 2.24) is 10.3 Å². The molecule has 4 heteroatoms. The summed E-state index contributed by atoms with van der Waals surface area (Å²) in [6.07, 6.45) is 2.82. The van der Waals surface area contributed by atoms with Crippen LogP contribution in [0.2, 0.25) is 0 Å².